The number of rotatable bonds is 4. The number of carbonyl (C=O) groups is 1. The van der Waals surface area contributed by atoms with E-state index in [4.69, 9.17) is 11.0 Å². The van der Waals surface area contributed by atoms with Crippen LogP contribution in [0.25, 0.3) is 0 Å². The minimum absolute atomic E-state index is 0.0597. The van der Waals surface area contributed by atoms with Crippen molar-refractivity contribution in [2.24, 2.45) is 0 Å². The van der Waals surface area contributed by atoms with Gasteiger partial charge in [-0.15, -0.1) is 0 Å². The fraction of sp³-hybridized carbons (Fsp3) is 0.125. The molecule has 3 N–H and O–H groups in total. The molecule has 0 unspecified atom stereocenters. The van der Waals surface area contributed by atoms with Crippen molar-refractivity contribution in [1.82, 2.24) is 0 Å². The van der Waals surface area contributed by atoms with E-state index >= 15 is 0 Å². The van der Waals surface area contributed by atoms with Gasteiger partial charge in [-0.25, -0.2) is 0 Å². The first-order valence-corrected chi connectivity index (χ1v) is 6.23. The van der Waals surface area contributed by atoms with Crippen molar-refractivity contribution in [3.8, 4) is 6.07 Å². The third-order valence-electron chi connectivity index (χ3n) is 2.96. The third-order valence-corrected chi connectivity index (χ3v) is 2.96. The zero-order valence-electron chi connectivity index (χ0n) is 11.2. The zero-order chi connectivity index (χ0) is 14.5. The number of hydrogen-bond donors (Lipinski definition) is 2. The molecule has 100 valence electrons. The number of carbonyl (C=O) groups excluding carboxylic acids is 1. The first-order valence-electron chi connectivity index (χ1n) is 6.23. The van der Waals surface area contributed by atoms with E-state index in [1.165, 1.54) is 6.92 Å². The van der Waals surface area contributed by atoms with E-state index in [0.29, 0.717) is 17.7 Å². The van der Waals surface area contributed by atoms with Crippen molar-refractivity contribution in [3.63, 3.8) is 0 Å². The third kappa shape index (κ3) is 3.15. The lowest BCUT2D eigenvalue weighted by Crippen LogP contribution is -2.01. The Morgan fingerprint density at radius 1 is 1.20 bits per heavy atom. The fourth-order valence-corrected chi connectivity index (χ4v) is 1.90. The van der Waals surface area contributed by atoms with Gasteiger partial charge in [0.2, 0.25) is 0 Å². The first-order chi connectivity index (χ1) is 9.60. The Morgan fingerprint density at radius 2 is 1.85 bits per heavy atom. The summed E-state index contributed by atoms with van der Waals surface area (Å²) in [6.45, 7) is 1.49. The number of benzene rings is 2. The van der Waals surface area contributed by atoms with Crippen LogP contribution >= 0.6 is 0 Å². The van der Waals surface area contributed by atoms with Crippen molar-refractivity contribution >= 4 is 22.8 Å². The van der Waals surface area contributed by atoms with Gasteiger partial charge in [-0.1, -0.05) is 12.1 Å². The number of nitrogens with one attached hydrogen (secondary N) is 1. The summed E-state index contributed by atoms with van der Waals surface area (Å²) in [5.74, 6) is -0.0597. The Balaban J connectivity index is 2.20. The number of anilines is 3. The van der Waals surface area contributed by atoms with Crippen LogP contribution in [-0.2, 0) is 6.42 Å². The van der Waals surface area contributed by atoms with E-state index in [1.807, 2.05) is 30.3 Å². The maximum Gasteiger partial charge on any atom is 0.161 e. The molecule has 0 saturated carbocycles. The molecule has 2 aromatic rings. The highest BCUT2D eigenvalue weighted by Crippen LogP contribution is 2.22. The van der Waals surface area contributed by atoms with E-state index in [9.17, 15) is 4.79 Å². The Hall–Kier alpha value is -2.80. The van der Waals surface area contributed by atoms with Gasteiger partial charge in [0.05, 0.1) is 12.5 Å². The number of ketones is 1. The van der Waals surface area contributed by atoms with Gasteiger partial charge in [-0.3, -0.25) is 4.79 Å². The molecule has 2 rings (SSSR count). The van der Waals surface area contributed by atoms with E-state index < -0.39 is 0 Å². The minimum atomic E-state index is -0.0597. The highest BCUT2D eigenvalue weighted by atomic mass is 16.1. The quantitative estimate of drug-likeness (QED) is 0.656. The van der Waals surface area contributed by atoms with Crippen LogP contribution in [0.15, 0.2) is 42.5 Å². The predicted molar refractivity (Wildman–Crippen MR) is 79.9 cm³/mol. The zero-order valence-corrected chi connectivity index (χ0v) is 11.2. The van der Waals surface area contributed by atoms with Gasteiger partial charge < -0.3 is 11.1 Å². The number of Topliss-reactive ketones (excluding diaryl/α,β-unsaturated/α-hetero) is 1. The number of nitrogens with zero attached hydrogens (tertiary/aromatic N) is 1. The molecular weight excluding hydrogens is 250 g/mol. The summed E-state index contributed by atoms with van der Waals surface area (Å²) in [6.07, 6.45) is 0.399. The van der Waals surface area contributed by atoms with Gasteiger partial charge in [-0.2, -0.15) is 5.26 Å². The van der Waals surface area contributed by atoms with Gasteiger partial charge in [0, 0.05) is 22.6 Å². The van der Waals surface area contributed by atoms with E-state index in [1.54, 1.807) is 12.1 Å². The molecule has 20 heavy (non-hydrogen) atoms. The number of nitriles is 1. The van der Waals surface area contributed by atoms with Crippen LogP contribution in [0.2, 0.25) is 0 Å². The lowest BCUT2D eigenvalue weighted by Gasteiger charge is -2.09. The molecule has 2 aromatic carbocycles. The summed E-state index contributed by atoms with van der Waals surface area (Å²) >= 11 is 0. The molecular formula is C16H15N3O. The average molecular weight is 265 g/mol. The van der Waals surface area contributed by atoms with Crippen molar-refractivity contribution in [3.05, 3.63) is 53.6 Å². The number of nitrogen functional groups attached to an aromatic ring is 1. The first kappa shape index (κ1) is 13.6. The Morgan fingerprint density at radius 3 is 2.45 bits per heavy atom. The van der Waals surface area contributed by atoms with Crippen molar-refractivity contribution in [2.75, 3.05) is 11.1 Å². The SMILES string of the molecule is CC(=O)c1cc(Nc2ccc(CC#N)cc2)ccc1N. The predicted octanol–water partition coefficient (Wildman–Crippen LogP) is 3.28. The largest absolute Gasteiger partial charge is 0.398 e. The summed E-state index contributed by atoms with van der Waals surface area (Å²) in [7, 11) is 0. The topological polar surface area (TPSA) is 78.9 Å². The monoisotopic (exact) mass is 265 g/mol. The van der Waals surface area contributed by atoms with E-state index in [2.05, 4.69) is 11.4 Å². The lowest BCUT2D eigenvalue weighted by molar-refractivity contribution is 0.101. The standard InChI is InChI=1S/C16H15N3O/c1-11(20)15-10-14(6-7-16(15)18)19-13-4-2-12(3-5-13)8-9-17/h2-7,10,19H,8,18H2,1H3. The Labute approximate surface area is 117 Å². The van der Waals surface area contributed by atoms with Crippen molar-refractivity contribution in [2.45, 2.75) is 13.3 Å². The number of nitrogens with two attached hydrogens (primary N) is 1. The molecule has 4 nitrogen and oxygen atoms in total. The molecule has 0 aromatic heterocycles. The average Bonchev–Trinajstić information content (AvgIpc) is 2.43. The molecule has 0 spiro atoms. The molecule has 0 saturated heterocycles. The molecule has 4 heteroatoms. The molecule has 0 fully saturated rings. The van der Waals surface area contributed by atoms with Gasteiger partial charge in [-0.05, 0) is 42.8 Å². The smallest absolute Gasteiger partial charge is 0.161 e. The molecule has 0 bridgehead atoms. The van der Waals surface area contributed by atoms with Gasteiger partial charge >= 0.3 is 0 Å². The maximum absolute atomic E-state index is 11.4. The van der Waals surface area contributed by atoms with Crippen LogP contribution in [0.5, 0.6) is 0 Å². The van der Waals surface area contributed by atoms with Crippen LogP contribution in [0.4, 0.5) is 17.1 Å². The Kier molecular flexibility index (Phi) is 4.02. The summed E-state index contributed by atoms with van der Waals surface area (Å²) in [5, 5.41) is 11.8. The van der Waals surface area contributed by atoms with E-state index in [-0.39, 0.29) is 5.78 Å². The van der Waals surface area contributed by atoms with E-state index in [0.717, 1.165) is 16.9 Å². The highest BCUT2D eigenvalue weighted by molar-refractivity contribution is 6.00. The molecule has 0 aliphatic rings. The molecule has 0 aliphatic heterocycles. The maximum atomic E-state index is 11.4. The van der Waals surface area contributed by atoms with Crippen LogP contribution in [0, 0.1) is 11.3 Å². The lowest BCUT2D eigenvalue weighted by atomic mass is 10.1. The molecule has 0 heterocycles. The van der Waals surface area contributed by atoms with Crippen LogP contribution in [0.1, 0.15) is 22.8 Å². The summed E-state index contributed by atoms with van der Waals surface area (Å²) in [4.78, 5) is 11.4. The second-order valence-corrected chi connectivity index (χ2v) is 4.52. The molecule has 0 atom stereocenters. The van der Waals surface area contributed by atoms with Crippen molar-refractivity contribution in [1.29, 1.82) is 5.26 Å². The van der Waals surface area contributed by atoms with Gasteiger partial charge in [0.1, 0.15) is 0 Å². The van der Waals surface area contributed by atoms with Crippen LogP contribution in [0.3, 0.4) is 0 Å². The van der Waals surface area contributed by atoms with Gasteiger partial charge in [0.25, 0.3) is 0 Å². The summed E-state index contributed by atoms with van der Waals surface area (Å²) < 4.78 is 0. The van der Waals surface area contributed by atoms with Gasteiger partial charge in [0.15, 0.2) is 5.78 Å². The van der Waals surface area contributed by atoms with Crippen LogP contribution < -0.4 is 11.1 Å². The number of hydrogen-bond acceptors (Lipinski definition) is 4. The molecule has 0 amide bonds. The normalized spacial score (nSPS) is 9.80. The minimum Gasteiger partial charge on any atom is -0.398 e. The van der Waals surface area contributed by atoms with Crippen LogP contribution in [-0.4, -0.2) is 5.78 Å². The summed E-state index contributed by atoms with van der Waals surface area (Å²) in [6, 6.07) is 15.0. The fourth-order valence-electron chi connectivity index (χ4n) is 1.90. The highest BCUT2D eigenvalue weighted by Gasteiger charge is 2.06. The molecule has 0 aliphatic carbocycles. The Bertz CT molecular complexity index is 669. The molecule has 0 radical (unpaired) electrons. The second-order valence-electron chi connectivity index (χ2n) is 4.52. The van der Waals surface area contributed by atoms with Crippen molar-refractivity contribution < 1.29 is 4.79 Å². The summed E-state index contributed by atoms with van der Waals surface area (Å²) in [5.41, 5.74) is 9.42. The second kappa shape index (κ2) is 5.89.